The third-order valence-corrected chi connectivity index (χ3v) is 3.79. The number of imidazole rings is 1. The van der Waals surface area contributed by atoms with Gasteiger partial charge >= 0.3 is 0 Å². The van der Waals surface area contributed by atoms with E-state index in [1.165, 1.54) is 6.07 Å². The van der Waals surface area contributed by atoms with Crippen molar-refractivity contribution < 1.29 is 14.3 Å². The molecule has 0 saturated heterocycles. The van der Waals surface area contributed by atoms with E-state index < -0.39 is 5.91 Å². The van der Waals surface area contributed by atoms with Gasteiger partial charge in [-0.2, -0.15) is 0 Å². The minimum atomic E-state index is -0.529. The normalized spacial score (nSPS) is 16.4. The van der Waals surface area contributed by atoms with Crippen LogP contribution in [0.5, 0.6) is 5.75 Å². The molecule has 1 atom stereocenters. The molecule has 7 heteroatoms. The van der Waals surface area contributed by atoms with Gasteiger partial charge < -0.3 is 20.4 Å². The lowest BCUT2D eigenvalue weighted by Gasteiger charge is -2.24. The highest BCUT2D eigenvalue weighted by Gasteiger charge is 2.20. The molecule has 1 aliphatic rings. The van der Waals surface area contributed by atoms with Crippen molar-refractivity contribution in [2.75, 3.05) is 6.61 Å². The number of rotatable bonds is 5. The number of fused-ring (bicyclic) bond motifs is 1. The maximum absolute atomic E-state index is 12.0. The largest absolute Gasteiger partial charge is 0.484 e. The molecule has 2 heterocycles. The van der Waals surface area contributed by atoms with Crippen molar-refractivity contribution in [3.63, 3.8) is 0 Å². The molecule has 1 aliphatic heterocycles. The molecule has 2 amide bonds. The number of nitrogens with two attached hydrogens (primary N) is 1. The SMILES string of the molecule is NC(=O)c1cccc(OCC(=O)N[C@@H]2CCc3nccn3C2)c1. The van der Waals surface area contributed by atoms with E-state index in [0.717, 1.165) is 25.2 Å². The van der Waals surface area contributed by atoms with Gasteiger partial charge in [0.1, 0.15) is 11.6 Å². The highest BCUT2D eigenvalue weighted by Crippen LogP contribution is 2.14. The van der Waals surface area contributed by atoms with Gasteiger partial charge in [-0.05, 0) is 24.6 Å². The average molecular weight is 314 g/mol. The Balaban J connectivity index is 1.50. The molecule has 1 aromatic carbocycles. The van der Waals surface area contributed by atoms with Gasteiger partial charge in [-0.3, -0.25) is 9.59 Å². The summed E-state index contributed by atoms with van der Waals surface area (Å²) in [5, 5.41) is 2.95. The van der Waals surface area contributed by atoms with Gasteiger partial charge in [0.2, 0.25) is 5.91 Å². The number of amides is 2. The topological polar surface area (TPSA) is 99.2 Å². The summed E-state index contributed by atoms with van der Waals surface area (Å²) < 4.78 is 7.46. The maximum Gasteiger partial charge on any atom is 0.258 e. The van der Waals surface area contributed by atoms with Crippen LogP contribution in [0.25, 0.3) is 0 Å². The zero-order chi connectivity index (χ0) is 16.2. The number of hydrogen-bond donors (Lipinski definition) is 2. The van der Waals surface area contributed by atoms with Crippen LogP contribution < -0.4 is 15.8 Å². The quantitative estimate of drug-likeness (QED) is 0.839. The van der Waals surface area contributed by atoms with Crippen molar-refractivity contribution in [2.45, 2.75) is 25.4 Å². The van der Waals surface area contributed by atoms with Gasteiger partial charge in [-0.15, -0.1) is 0 Å². The monoisotopic (exact) mass is 314 g/mol. The molecule has 0 saturated carbocycles. The fourth-order valence-electron chi connectivity index (χ4n) is 2.64. The Morgan fingerprint density at radius 3 is 3.13 bits per heavy atom. The van der Waals surface area contributed by atoms with Gasteiger partial charge in [-0.25, -0.2) is 4.98 Å². The maximum atomic E-state index is 12.0. The number of aromatic nitrogens is 2. The van der Waals surface area contributed by atoms with Crippen LogP contribution in [0, 0.1) is 0 Å². The second kappa shape index (κ2) is 6.51. The van der Waals surface area contributed by atoms with Crippen molar-refractivity contribution in [3.8, 4) is 5.75 Å². The number of nitrogens with one attached hydrogen (secondary N) is 1. The van der Waals surface area contributed by atoms with Crippen LogP contribution in [-0.2, 0) is 17.8 Å². The van der Waals surface area contributed by atoms with Gasteiger partial charge in [0.25, 0.3) is 5.91 Å². The summed E-state index contributed by atoms with van der Waals surface area (Å²) in [6.45, 7) is 0.619. The minimum Gasteiger partial charge on any atom is -0.484 e. The number of ether oxygens (including phenoxy) is 1. The molecule has 23 heavy (non-hydrogen) atoms. The second-order valence-electron chi connectivity index (χ2n) is 5.48. The average Bonchev–Trinajstić information content (AvgIpc) is 3.01. The molecule has 0 radical (unpaired) electrons. The lowest BCUT2D eigenvalue weighted by Crippen LogP contribution is -2.42. The summed E-state index contributed by atoms with van der Waals surface area (Å²) in [4.78, 5) is 27.4. The summed E-state index contributed by atoms with van der Waals surface area (Å²) in [7, 11) is 0. The van der Waals surface area contributed by atoms with Gasteiger partial charge in [0.05, 0.1) is 0 Å². The molecule has 3 N–H and O–H groups in total. The molecule has 2 aromatic rings. The first-order chi connectivity index (χ1) is 11.1. The summed E-state index contributed by atoms with van der Waals surface area (Å²) in [5.41, 5.74) is 5.56. The van der Waals surface area contributed by atoms with Crippen LogP contribution in [0.15, 0.2) is 36.7 Å². The number of hydrogen-bond acceptors (Lipinski definition) is 4. The third kappa shape index (κ3) is 3.68. The fraction of sp³-hybridized carbons (Fsp3) is 0.312. The first kappa shape index (κ1) is 15.1. The van der Waals surface area contributed by atoms with E-state index >= 15 is 0 Å². The third-order valence-electron chi connectivity index (χ3n) is 3.79. The van der Waals surface area contributed by atoms with E-state index in [9.17, 15) is 9.59 Å². The number of primary amides is 1. The van der Waals surface area contributed by atoms with Gasteiger partial charge in [0, 0.05) is 37.0 Å². The van der Waals surface area contributed by atoms with Crippen molar-refractivity contribution in [1.82, 2.24) is 14.9 Å². The van der Waals surface area contributed by atoms with Crippen LogP contribution in [0.4, 0.5) is 0 Å². The fourth-order valence-corrected chi connectivity index (χ4v) is 2.64. The Labute approximate surface area is 133 Å². The lowest BCUT2D eigenvalue weighted by molar-refractivity contribution is -0.124. The molecule has 1 aromatic heterocycles. The second-order valence-corrected chi connectivity index (χ2v) is 5.48. The molecule has 0 bridgehead atoms. The minimum absolute atomic E-state index is 0.0738. The van der Waals surface area contributed by atoms with E-state index in [1.807, 2.05) is 10.8 Å². The number of carbonyl (C=O) groups excluding carboxylic acids is 2. The van der Waals surface area contributed by atoms with Crippen LogP contribution >= 0.6 is 0 Å². The number of nitrogens with zero attached hydrogens (tertiary/aromatic N) is 2. The van der Waals surface area contributed by atoms with Crippen LogP contribution in [0.1, 0.15) is 22.6 Å². The van der Waals surface area contributed by atoms with Crippen LogP contribution in [0.2, 0.25) is 0 Å². The molecule has 3 rings (SSSR count). The first-order valence-electron chi connectivity index (χ1n) is 7.44. The summed E-state index contributed by atoms with van der Waals surface area (Å²) in [5.74, 6) is 0.772. The van der Waals surface area contributed by atoms with Crippen molar-refractivity contribution in [1.29, 1.82) is 0 Å². The summed E-state index contributed by atoms with van der Waals surface area (Å²) in [6, 6.07) is 6.53. The highest BCUT2D eigenvalue weighted by molar-refractivity contribution is 5.93. The highest BCUT2D eigenvalue weighted by atomic mass is 16.5. The van der Waals surface area contributed by atoms with Crippen LogP contribution in [-0.4, -0.2) is 34.0 Å². The zero-order valence-corrected chi connectivity index (χ0v) is 12.6. The number of carbonyl (C=O) groups is 2. The Morgan fingerprint density at radius 1 is 1.43 bits per heavy atom. The van der Waals surface area contributed by atoms with Gasteiger partial charge in [0.15, 0.2) is 6.61 Å². The predicted molar refractivity (Wildman–Crippen MR) is 82.9 cm³/mol. The Morgan fingerprint density at radius 2 is 2.30 bits per heavy atom. The van der Waals surface area contributed by atoms with E-state index in [4.69, 9.17) is 10.5 Å². The Kier molecular flexibility index (Phi) is 4.27. The van der Waals surface area contributed by atoms with Crippen LogP contribution in [0.3, 0.4) is 0 Å². The van der Waals surface area contributed by atoms with Gasteiger partial charge in [-0.1, -0.05) is 6.07 Å². The van der Waals surface area contributed by atoms with E-state index in [1.54, 1.807) is 24.4 Å². The molecular weight excluding hydrogens is 296 g/mol. The smallest absolute Gasteiger partial charge is 0.258 e. The zero-order valence-electron chi connectivity index (χ0n) is 12.6. The standard InChI is InChI=1S/C16H18N4O3/c17-16(22)11-2-1-3-13(8-11)23-10-15(21)19-12-4-5-14-18-6-7-20(14)9-12/h1-3,6-8,12H,4-5,9-10H2,(H2,17,22)(H,19,21)/t12-/m1/s1. The molecule has 7 nitrogen and oxygen atoms in total. The summed E-state index contributed by atoms with van der Waals surface area (Å²) in [6.07, 6.45) is 5.40. The molecular formula is C16H18N4O3. The van der Waals surface area contributed by atoms with E-state index in [2.05, 4.69) is 10.3 Å². The molecule has 0 spiro atoms. The van der Waals surface area contributed by atoms with Crippen molar-refractivity contribution in [3.05, 3.63) is 48.0 Å². The molecule has 120 valence electrons. The number of benzene rings is 1. The van der Waals surface area contributed by atoms with Crippen molar-refractivity contribution in [2.24, 2.45) is 5.73 Å². The Hall–Kier alpha value is -2.83. The molecule has 0 fully saturated rings. The first-order valence-corrected chi connectivity index (χ1v) is 7.44. The lowest BCUT2D eigenvalue weighted by atomic mass is 10.1. The number of aryl methyl sites for hydroxylation is 1. The van der Waals surface area contributed by atoms with E-state index in [0.29, 0.717) is 11.3 Å². The van der Waals surface area contributed by atoms with E-state index in [-0.39, 0.29) is 18.6 Å². The molecule has 0 aliphatic carbocycles. The van der Waals surface area contributed by atoms with Crippen molar-refractivity contribution >= 4 is 11.8 Å². The molecule has 0 unspecified atom stereocenters. The Bertz CT molecular complexity index is 726. The summed E-state index contributed by atoms with van der Waals surface area (Å²) >= 11 is 0. The predicted octanol–water partition coefficient (Wildman–Crippen LogP) is 0.492.